The molecule has 4 nitrogen and oxygen atoms in total. The summed E-state index contributed by atoms with van der Waals surface area (Å²) >= 11 is 0. The first kappa shape index (κ1) is 12.7. The van der Waals surface area contributed by atoms with E-state index in [0.29, 0.717) is 0 Å². The van der Waals surface area contributed by atoms with E-state index in [2.05, 4.69) is 24.5 Å². The van der Waals surface area contributed by atoms with E-state index < -0.39 is 0 Å². The maximum Gasteiger partial charge on any atom is 0.317 e. The number of amides is 2. The van der Waals surface area contributed by atoms with Crippen molar-refractivity contribution in [3.63, 3.8) is 0 Å². The van der Waals surface area contributed by atoms with Crippen LogP contribution in [-0.4, -0.2) is 42.6 Å². The molecule has 0 aliphatic carbocycles. The predicted molar refractivity (Wildman–Crippen MR) is 69.0 cm³/mol. The average Bonchev–Trinajstić information content (AvgIpc) is 2.30. The Hall–Kier alpha value is -0.770. The van der Waals surface area contributed by atoms with E-state index in [1.807, 2.05) is 4.90 Å². The smallest absolute Gasteiger partial charge is 0.317 e. The van der Waals surface area contributed by atoms with Crippen molar-refractivity contribution >= 4 is 6.03 Å². The van der Waals surface area contributed by atoms with Crippen molar-refractivity contribution in [2.45, 2.75) is 45.1 Å². The minimum atomic E-state index is -0.00854. The quantitative estimate of drug-likeness (QED) is 0.729. The SMILES string of the molecule is CC1CCN(C(=O)NC2(C)CCNCC2)CC1. The summed E-state index contributed by atoms with van der Waals surface area (Å²) in [6, 6.07) is 0.140. The summed E-state index contributed by atoms with van der Waals surface area (Å²) in [5.41, 5.74) is -0.00854. The van der Waals surface area contributed by atoms with E-state index in [4.69, 9.17) is 0 Å². The van der Waals surface area contributed by atoms with Crippen LogP contribution < -0.4 is 10.6 Å². The second-order valence-electron chi connectivity index (χ2n) is 5.91. The van der Waals surface area contributed by atoms with Crippen LogP contribution in [0.2, 0.25) is 0 Å². The molecule has 0 atom stereocenters. The molecule has 2 saturated heterocycles. The van der Waals surface area contributed by atoms with Crippen molar-refractivity contribution in [1.82, 2.24) is 15.5 Å². The summed E-state index contributed by atoms with van der Waals surface area (Å²) < 4.78 is 0. The summed E-state index contributed by atoms with van der Waals surface area (Å²) in [6.45, 7) is 8.28. The van der Waals surface area contributed by atoms with Crippen LogP contribution in [0.15, 0.2) is 0 Å². The number of urea groups is 1. The Morgan fingerprint density at radius 3 is 2.47 bits per heavy atom. The van der Waals surface area contributed by atoms with Crippen LogP contribution in [0.25, 0.3) is 0 Å². The van der Waals surface area contributed by atoms with Crippen LogP contribution in [0.5, 0.6) is 0 Å². The molecule has 2 aliphatic rings. The Bertz CT molecular complexity index is 266. The molecule has 4 heteroatoms. The third-order valence-corrected chi connectivity index (χ3v) is 4.19. The molecule has 98 valence electrons. The fraction of sp³-hybridized carbons (Fsp3) is 0.923. The van der Waals surface area contributed by atoms with E-state index in [1.165, 1.54) is 0 Å². The Balaban J connectivity index is 1.83. The first-order valence-electron chi connectivity index (χ1n) is 6.87. The maximum atomic E-state index is 12.2. The lowest BCUT2D eigenvalue weighted by Crippen LogP contribution is -2.56. The summed E-state index contributed by atoms with van der Waals surface area (Å²) in [5, 5.41) is 6.56. The highest BCUT2D eigenvalue weighted by Crippen LogP contribution is 2.20. The fourth-order valence-corrected chi connectivity index (χ4v) is 2.65. The third kappa shape index (κ3) is 3.35. The van der Waals surface area contributed by atoms with Gasteiger partial charge in [0, 0.05) is 18.6 Å². The van der Waals surface area contributed by atoms with Crippen molar-refractivity contribution in [3.05, 3.63) is 0 Å². The molecular weight excluding hydrogens is 214 g/mol. The van der Waals surface area contributed by atoms with Gasteiger partial charge in [0.25, 0.3) is 0 Å². The van der Waals surface area contributed by atoms with Gasteiger partial charge in [-0.2, -0.15) is 0 Å². The number of carbonyl (C=O) groups is 1. The van der Waals surface area contributed by atoms with Gasteiger partial charge >= 0.3 is 6.03 Å². The molecule has 0 aromatic rings. The van der Waals surface area contributed by atoms with Gasteiger partial charge in [0.15, 0.2) is 0 Å². The zero-order valence-corrected chi connectivity index (χ0v) is 11.1. The van der Waals surface area contributed by atoms with E-state index in [9.17, 15) is 4.79 Å². The number of hydrogen-bond donors (Lipinski definition) is 2. The molecule has 2 aliphatic heterocycles. The van der Waals surface area contributed by atoms with Crippen LogP contribution in [0, 0.1) is 5.92 Å². The highest BCUT2D eigenvalue weighted by atomic mass is 16.2. The molecule has 2 rings (SSSR count). The second-order valence-corrected chi connectivity index (χ2v) is 5.91. The topological polar surface area (TPSA) is 44.4 Å². The van der Waals surface area contributed by atoms with Gasteiger partial charge in [-0.05, 0) is 51.6 Å². The normalized spacial score (nSPS) is 25.6. The largest absolute Gasteiger partial charge is 0.333 e. The highest BCUT2D eigenvalue weighted by Gasteiger charge is 2.30. The predicted octanol–water partition coefficient (Wildman–Crippen LogP) is 1.57. The minimum absolute atomic E-state index is 0.00854. The van der Waals surface area contributed by atoms with Gasteiger partial charge in [-0.15, -0.1) is 0 Å². The maximum absolute atomic E-state index is 12.2. The molecule has 0 spiro atoms. The second kappa shape index (κ2) is 5.25. The third-order valence-electron chi connectivity index (χ3n) is 4.19. The number of rotatable bonds is 1. The molecule has 0 unspecified atom stereocenters. The Morgan fingerprint density at radius 2 is 1.88 bits per heavy atom. The average molecular weight is 239 g/mol. The summed E-state index contributed by atoms with van der Waals surface area (Å²) in [7, 11) is 0. The lowest BCUT2D eigenvalue weighted by molar-refractivity contribution is 0.156. The molecule has 2 N–H and O–H groups in total. The molecule has 0 bridgehead atoms. The van der Waals surface area contributed by atoms with Gasteiger partial charge in [0.2, 0.25) is 0 Å². The molecule has 0 radical (unpaired) electrons. The van der Waals surface area contributed by atoms with Crippen molar-refractivity contribution < 1.29 is 4.79 Å². The highest BCUT2D eigenvalue weighted by molar-refractivity contribution is 5.75. The van der Waals surface area contributed by atoms with Gasteiger partial charge in [-0.25, -0.2) is 4.79 Å². The summed E-state index contributed by atoms with van der Waals surface area (Å²) in [5.74, 6) is 0.772. The van der Waals surface area contributed by atoms with Crippen molar-refractivity contribution in [3.8, 4) is 0 Å². The molecule has 2 amide bonds. The lowest BCUT2D eigenvalue weighted by Gasteiger charge is -2.38. The number of hydrogen-bond acceptors (Lipinski definition) is 2. The molecular formula is C13H25N3O. The molecule has 0 aromatic heterocycles. The molecule has 2 heterocycles. The monoisotopic (exact) mass is 239 g/mol. The Morgan fingerprint density at radius 1 is 1.29 bits per heavy atom. The van der Waals surface area contributed by atoms with Gasteiger partial charge in [0.1, 0.15) is 0 Å². The first-order valence-corrected chi connectivity index (χ1v) is 6.87. The summed E-state index contributed by atoms with van der Waals surface area (Å²) in [4.78, 5) is 14.2. The van der Waals surface area contributed by atoms with Crippen molar-refractivity contribution in [2.75, 3.05) is 26.2 Å². The zero-order valence-electron chi connectivity index (χ0n) is 11.1. The number of nitrogens with one attached hydrogen (secondary N) is 2. The molecule has 17 heavy (non-hydrogen) atoms. The van der Waals surface area contributed by atoms with Crippen LogP contribution in [0.1, 0.15) is 39.5 Å². The molecule has 2 fully saturated rings. The number of carbonyl (C=O) groups excluding carboxylic acids is 1. The number of piperidine rings is 2. The standard InChI is InChI=1S/C13H25N3O/c1-11-3-9-16(10-4-11)12(17)15-13(2)5-7-14-8-6-13/h11,14H,3-10H2,1-2H3,(H,15,17). The van der Waals surface area contributed by atoms with E-state index in [1.54, 1.807) is 0 Å². The lowest BCUT2D eigenvalue weighted by atomic mass is 9.91. The van der Waals surface area contributed by atoms with E-state index in [-0.39, 0.29) is 11.6 Å². The Labute approximate surface area is 104 Å². The number of likely N-dealkylation sites (tertiary alicyclic amines) is 1. The van der Waals surface area contributed by atoms with Crippen LogP contribution in [0.3, 0.4) is 0 Å². The van der Waals surface area contributed by atoms with E-state index in [0.717, 1.165) is 57.8 Å². The van der Waals surface area contributed by atoms with Crippen molar-refractivity contribution in [1.29, 1.82) is 0 Å². The zero-order chi connectivity index (χ0) is 12.3. The van der Waals surface area contributed by atoms with Gasteiger partial charge < -0.3 is 15.5 Å². The molecule has 0 saturated carbocycles. The van der Waals surface area contributed by atoms with Crippen LogP contribution in [-0.2, 0) is 0 Å². The van der Waals surface area contributed by atoms with Crippen molar-refractivity contribution in [2.24, 2.45) is 5.92 Å². The Kier molecular flexibility index (Phi) is 3.92. The number of nitrogens with zero attached hydrogens (tertiary/aromatic N) is 1. The molecule has 0 aromatic carbocycles. The van der Waals surface area contributed by atoms with Crippen LogP contribution in [0.4, 0.5) is 4.79 Å². The van der Waals surface area contributed by atoms with Gasteiger partial charge in [-0.1, -0.05) is 6.92 Å². The van der Waals surface area contributed by atoms with Gasteiger partial charge in [0.05, 0.1) is 0 Å². The van der Waals surface area contributed by atoms with Gasteiger partial charge in [-0.3, -0.25) is 0 Å². The first-order chi connectivity index (χ1) is 8.09. The fourth-order valence-electron chi connectivity index (χ4n) is 2.65. The summed E-state index contributed by atoms with van der Waals surface area (Å²) in [6.07, 6.45) is 4.35. The van der Waals surface area contributed by atoms with E-state index >= 15 is 0 Å². The minimum Gasteiger partial charge on any atom is -0.333 e. The van der Waals surface area contributed by atoms with Crippen LogP contribution >= 0.6 is 0 Å².